The first-order chi connectivity index (χ1) is 15.4. The van der Waals surface area contributed by atoms with Gasteiger partial charge in [0.05, 0.1) is 24.0 Å². The predicted octanol–water partition coefficient (Wildman–Crippen LogP) is 4.60. The first kappa shape index (κ1) is 21.0. The third kappa shape index (κ3) is 3.38. The molecule has 2 aliphatic rings. The summed E-state index contributed by atoms with van der Waals surface area (Å²) in [7, 11) is 0. The summed E-state index contributed by atoms with van der Waals surface area (Å²) >= 11 is 0. The fraction of sp³-hybridized carbons (Fsp3) is 0.440. The van der Waals surface area contributed by atoms with E-state index >= 15 is 4.39 Å². The van der Waals surface area contributed by atoms with E-state index in [1.807, 2.05) is 28.8 Å². The molecule has 0 saturated carbocycles. The highest BCUT2D eigenvalue weighted by Gasteiger charge is 2.33. The summed E-state index contributed by atoms with van der Waals surface area (Å²) in [6, 6.07) is 12.0. The fourth-order valence-corrected chi connectivity index (χ4v) is 4.91. The molecular weight excluding hydrogens is 400 g/mol. The Morgan fingerprint density at radius 3 is 2.56 bits per heavy atom. The molecule has 0 amide bonds. The van der Waals surface area contributed by atoms with Crippen LogP contribution in [0, 0.1) is 5.92 Å². The molecule has 2 unspecified atom stereocenters. The molecule has 0 N–H and O–H groups in total. The van der Waals surface area contributed by atoms with Gasteiger partial charge in [0, 0.05) is 24.7 Å². The molecule has 7 heteroatoms. The highest BCUT2D eigenvalue weighted by Crippen LogP contribution is 2.40. The lowest BCUT2D eigenvalue weighted by Crippen LogP contribution is -2.47. The van der Waals surface area contributed by atoms with Crippen LogP contribution in [0.25, 0.3) is 11.3 Å². The quantitative estimate of drug-likeness (QED) is 0.554. The van der Waals surface area contributed by atoms with E-state index in [2.05, 4.69) is 56.0 Å². The van der Waals surface area contributed by atoms with Crippen molar-refractivity contribution in [3.63, 3.8) is 0 Å². The van der Waals surface area contributed by atoms with Crippen molar-refractivity contribution in [2.24, 2.45) is 5.92 Å². The summed E-state index contributed by atoms with van der Waals surface area (Å²) in [6.45, 7) is 15.7. The third-order valence-corrected chi connectivity index (χ3v) is 7.13. The van der Waals surface area contributed by atoms with Crippen molar-refractivity contribution in [3.8, 4) is 0 Å². The maximum Gasteiger partial charge on any atom is 0.196 e. The maximum atomic E-state index is 15.0. The minimum absolute atomic E-state index is 0.0387. The average Bonchev–Trinajstić information content (AvgIpc) is 3.20. The lowest BCUT2D eigenvalue weighted by atomic mass is 9.52. The van der Waals surface area contributed by atoms with E-state index in [0.717, 1.165) is 58.6 Å². The molecule has 2 aromatic heterocycles. The molecule has 1 aromatic carbocycles. The highest BCUT2D eigenvalue weighted by molar-refractivity contribution is 6.70. The smallest absolute Gasteiger partial charge is 0.196 e. The Balaban J connectivity index is 1.54. The number of hydrogen-bond acceptors (Lipinski definition) is 4. The van der Waals surface area contributed by atoms with Gasteiger partial charge in [-0.25, -0.2) is 9.37 Å². The fourth-order valence-electron chi connectivity index (χ4n) is 4.91. The van der Waals surface area contributed by atoms with Gasteiger partial charge in [0.25, 0.3) is 0 Å². The van der Waals surface area contributed by atoms with Crippen LogP contribution in [0.4, 0.5) is 10.2 Å². The number of halogens is 1. The second-order valence-corrected chi connectivity index (χ2v) is 9.54. The van der Waals surface area contributed by atoms with Crippen molar-refractivity contribution in [2.75, 3.05) is 24.5 Å². The summed E-state index contributed by atoms with van der Waals surface area (Å²) in [5.41, 5.74) is 5.21. The first-order valence-electron chi connectivity index (χ1n) is 11.7. The minimum Gasteiger partial charge on any atom is -0.360 e. The van der Waals surface area contributed by atoms with Gasteiger partial charge in [0.15, 0.2) is 12.4 Å². The number of nitrogens with zero attached hydrogens (tertiary/aromatic N) is 5. The van der Waals surface area contributed by atoms with Crippen LogP contribution in [0.5, 0.6) is 0 Å². The van der Waals surface area contributed by atoms with Gasteiger partial charge in [-0.2, -0.15) is 9.61 Å². The molecule has 0 bridgehead atoms. The molecule has 2 atom stereocenters. The van der Waals surface area contributed by atoms with Gasteiger partial charge in [-0.1, -0.05) is 51.4 Å². The van der Waals surface area contributed by atoms with Gasteiger partial charge >= 0.3 is 0 Å². The second kappa shape index (κ2) is 7.94. The first-order valence-corrected chi connectivity index (χ1v) is 11.7. The molecule has 32 heavy (non-hydrogen) atoms. The van der Waals surface area contributed by atoms with Gasteiger partial charge in [0.2, 0.25) is 0 Å². The van der Waals surface area contributed by atoms with Crippen molar-refractivity contribution in [3.05, 3.63) is 59.8 Å². The van der Waals surface area contributed by atoms with E-state index in [0.29, 0.717) is 6.71 Å². The van der Waals surface area contributed by atoms with E-state index in [1.54, 1.807) is 0 Å². The van der Waals surface area contributed by atoms with E-state index in [9.17, 15) is 0 Å². The number of benzene rings is 1. The molecule has 2 aliphatic heterocycles. The van der Waals surface area contributed by atoms with Crippen LogP contribution in [0.3, 0.4) is 0 Å². The summed E-state index contributed by atoms with van der Waals surface area (Å²) < 4.78 is 17.0. The molecule has 0 aliphatic carbocycles. The van der Waals surface area contributed by atoms with Crippen molar-refractivity contribution in [1.82, 2.24) is 19.5 Å². The maximum absolute atomic E-state index is 15.0. The Bertz CT molecular complexity index is 1170. The van der Waals surface area contributed by atoms with Crippen molar-refractivity contribution >= 4 is 29.5 Å². The van der Waals surface area contributed by atoms with Crippen molar-refractivity contribution in [2.45, 2.75) is 46.1 Å². The molecule has 4 heterocycles. The standard InChI is InChI=1S/C25H31BFN5/c1-6-18-13-30(14-18)25-11-22(28-24-12-23(26(4)5)29-32(24)25)17(3)31-15-21(27)20-10-8-7-9-19(20)16(31)2/h7-12,16,18,21H,3,6,13-15H2,1-2,4-5H3. The molecule has 166 valence electrons. The highest BCUT2D eigenvalue weighted by atomic mass is 19.1. The van der Waals surface area contributed by atoms with Crippen LogP contribution >= 0.6 is 0 Å². The Morgan fingerprint density at radius 2 is 1.88 bits per heavy atom. The lowest BCUT2D eigenvalue weighted by molar-refractivity contribution is 0.192. The van der Waals surface area contributed by atoms with Crippen LogP contribution < -0.4 is 10.5 Å². The molecule has 5 rings (SSSR count). The second-order valence-electron chi connectivity index (χ2n) is 9.54. The zero-order valence-electron chi connectivity index (χ0n) is 19.4. The molecule has 1 saturated heterocycles. The van der Waals surface area contributed by atoms with Gasteiger partial charge in [-0.3, -0.25) is 0 Å². The molecule has 0 spiro atoms. The monoisotopic (exact) mass is 431 g/mol. The number of aromatic nitrogens is 3. The SMILES string of the molecule is C=C(c1cc(N2CC(CC)C2)n2nc(B(C)C)cc2n1)N1CC(F)c2ccccc2C1C. The normalized spacial score (nSPS) is 20.9. The largest absolute Gasteiger partial charge is 0.360 e. The zero-order chi connectivity index (χ0) is 22.6. The Labute approximate surface area is 190 Å². The molecular formula is C25H31BFN5. The van der Waals surface area contributed by atoms with Crippen molar-refractivity contribution in [1.29, 1.82) is 0 Å². The zero-order valence-corrected chi connectivity index (χ0v) is 19.4. The Kier molecular flexibility index (Phi) is 5.22. The van der Waals surface area contributed by atoms with Crippen LogP contribution in [0.2, 0.25) is 13.6 Å². The van der Waals surface area contributed by atoms with E-state index in [4.69, 9.17) is 10.1 Å². The van der Waals surface area contributed by atoms with Crippen LogP contribution in [-0.4, -0.2) is 45.8 Å². The summed E-state index contributed by atoms with van der Waals surface area (Å²) in [5.74, 6) is 1.76. The van der Waals surface area contributed by atoms with E-state index in [-0.39, 0.29) is 12.6 Å². The van der Waals surface area contributed by atoms with Crippen LogP contribution in [0.1, 0.15) is 49.3 Å². The van der Waals surface area contributed by atoms with Crippen LogP contribution in [0.15, 0.2) is 43.0 Å². The number of fused-ring (bicyclic) bond motifs is 2. The third-order valence-electron chi connectivity index (χ3n) is 7.13. The summed E-state index contributed by atoms with van der Waals surface area (Å²) in [4.78, 5) is 9.34. The van der Waals surface area contributed by atoms with E-state index in [1.165, 1.54) is 6.42 Å². The number of anilines is 1. The lowest BCUT2D eigenvalue weighted by Gasteiger charge is -2.41. The van der Waals surface area contributed by atoms with Gasteiger partial charge in [0.1, 0.15) is 12.0 Å². The minimum atomic E-state index is -1.04. The summed E-state index contributed by atoms with van der Waals surface area (Å²) in [6.07, 6.45) is 0.147. The number of alkyl halides is 1. The Morgan fingerprint density at radius 1 is 1.16 bits per heavy atom. The average molecular weight is 431 g/mol. The van der Waals surface area contributed by atoms with Crippen molar-refractivity contribution < 1.29 is 4.39 Å². The molecule has 3 aromatic rings. The summed E-state index contributed by atoms with van der Waals surface area (Å²) in [5, 5.41) is 4.84. The van der Waals surface area contributed by atoms with Crippen LogP contribution in [-0.2, 0) is 0 Å². The van der Waals surface area contributed by atoms with E-state index < -0.39 is 6.17 Å². The van der Waals surface area contributed by atoms with Gasteiger partial charge in [-0.05, 0) is 36.5 Å². The predicted molar refractivity (Wildman–Crippen MR) is 131 cm³/mol. The van der Waals surface area contributed by atoms with Gasteiger partial charge in [-0.15, -0.1) is 0 Å². The molecule has 5 nitrogen and oxygen atoms in total. The molecule has 0 radical (unpaired) electrons. The molecule has 1 fully saturated rings. The Hall–Kier alpha value is -2.83. The topological polar surface area (TPSA) is 36.7 Å². The van der Waals surface area contributed by atoms with Gasteiger partial charge < -0.3 is 9.80 Å². The number of hydrogen-bond donors (Lipinski definition) is 0. The number of rotatable bonds is 5.